The van der Waals surface area contributed by atoms with Gasteiger partial charge in [-0.25, -0.2) is 0 Å². The maximum absolute atomic E-state index is 1.88. The summed E-state index contributed by atoms with van der Waals surface area (Å²) in [6, 6.07) is 0. The van der Waals surface area contributed by atoms with Crippen molar-refractivity contribution in [1.82, 2.24) is 0 Å². The van der Waals surface area contributed by atoms with E-state index in [0.717, 1.165) is 0 Å². The Labute approximate surface area is 78.9 Å². The van der Waals surface area contributed by atoms with Crippen molar-refractivity contribution in [2.45, 2.75) is 0 Å². The van der Waals surface area contributed by atoms with Crippen LogP contribution in [-0.2, 0) is 17.1 Å². The third-order valence-corrected chi connectivity index (χ3v) is 0. The van der Waals surface area contributed by atoms with Crippen molar-refractivity contribution in [3.05, 3.63) is 0 Å². The van der Waals surface area contributed by atoms with Crippen molar-refractivity contribution in [3.8, 4) is 0 Å². The fourth-order valence-electron chi connectivity index (χ4n) is 0. The molecule has 0 saturated heterocycles. The zero-order valence-electron chi connectivity index (χ0n) is 2.03. The molecule has 4 heteroatoms. The fourth-order valence-corrected chi connectivity index (χ4v) is 0. The van der Waals surface area contributed by atoms with Crippen LogP contribution in [0.5, 0.6) is 0 Å². The minimum atomic E-state index is 0. The molecule has 0 N–H and O–H groups in total. The predicted molar refractivity (Wildman–Crippen MR) is 25.6 cm³/mol. The Hall–Kier alpha value is 3.01. The van der Waals surface area contributed by atoms with E-state index in [2.05, 4.69) is 0 Å². The topological polar surface area (TPSA) is 0 Å². The molecule has 1 radical (unpaired) electrons. The first-order valence-electron chi connectivity index (χ1n) is 0.258. The van der Waals surface area contributed by atoms with Gasteiger partial charge in [0.25, 0.3) is 0 Å². The average molecular weight is 528 g/mol. The van der Waals surface area contributed by atoms with Crippen molar-refractivity contribution in [2.75, 3.05) is 0 Å². The van der Waals surface area contributed by atoms with Gasteiger partial charge in [0.05, 0.1) is 0 Å². The number of hydrogen-bond acceptors (Lipinski definition) is 0. The standard InChI is InChI=1S/Bi.Cu.Sb.H2Te.5H/h;;;1H2;;;;;/q;;+1;;;;;;/p-1. The first-order chi connectivity index (χ1) is 1.00. The van der Waals surface area contributed by atoms with Crippen molar-refractivity contribution in [3.63, 3.8) is 0 Å². The molecule has 0 saturated carbocycles. The molecule has 0 aromatic carbocycles. The number of rotatable bonds is 0. The van der Waals surface area contributed by atoms with Crippen LogP contribution in [0.4, 0.5) is 0 Å². The Kier molecular flexibility index (Phi) is 65.5. The molecule has 0 bridgehead atoms. The molecule has 0 aromatic rings. The molecule has 33 valence electrons. The van der Waals surface area contributed by atoms with Gasteiger partial charge < -0.3 is 0 Å². The van der Waals surface area contributed by atoms with E-state index in [1.165, 1.54) is 19.1 Å². The second kappa shape index (κ2) is 16.6. The molecular formula is H6BiCuSbTe. The van der Waals surface area contributed by atoms with Crippen molar-refractivity contribution in [1.29, 1.82) is 0 Å². The summed E-state index contributed by atoms with van der Waals surface area (Å²) in [5.41, 5.74) is 0. The van der Waals surface area contributed by atoms with Crippen LogP contribution in [0.1, 0.15) is 0 Å². The molecule has 0 spiro atoms. The normalized spacial score (nSPS) is 1.50. The van der Waals surface area contributed by atoms with E-state index in [9.17, 15) is 0 Å². The summed E-state index contributed by atoms with van der Waals surface area (Å²) < 4.78 is 0. The monoisotopic (exact) mass is 529 g/mol. The van der Waals surface area contributed by atoms with Crippen molar-refractivity contribution >= 4 is 63.5 Å². The van der Waals surface area contributed by atoms with E-state index in [1.54, 1.807) is 0 Å². The summed E-state index contributed by atoms with van der Waals surface area (Å²) in [5, 5.41) is 0. The molecule has 4 heavy (non-hydrogen) atoms. The first-order valence-corrected chi connectivity index (χ1v) is 11.6. The molecule has 0 aromatic heterocycles. The van der Waals surface area contributed by atoms with Gasteiger partial charge in [0.1, 0.15) is 0 Å². The quantitative estimate of drug-likeness (QED) is 0.300. The van der Waals surface area contributed by atoms with Crippen LogP contribution in [0, 0.1) is 0 Å². The van der Waals surface area contributed by atoms with E-state index in [0.29, 0.717) is 0 Å². The summed E-state index contributed by atoms with van der Waals surface area (Å²) in [5.74, 6) is 0. The molecule has 0 heterocycles. The van der Waals surface area contributed by atoms with E-state index < -0.39 is 0 Å². The number of hydrogen-bond donors (Lipinski definition) is 0. The molecule has 0 aliphatic carbocycles. The van der Waals surface area contributed by atoms with Gasteiger partial charge in [0.2, 0.25) is 0 Å². The van der Waals surface area contributed by atoms with Gasteiger partial charge in [-0.15, -0.1) is 0 Å². The zero-order valence-corrected chi connectivity index (χ0v) is 14.3. The van der Waals surface area contributed by atoms with Gasteiger partial charge in [0.15, 0.2) is 0 Å². The van der Waals surface area contributed by atoms with E-state index in [4.69, 9.17) is 0 Å². The van der Waals surface area contributed by atoms with Crippen LogP contribution in [0.2, 0.25) is 0 Å². The third kappa shape index (κ3) is 8.89. The van der Waals surface area contributed by atoms with Crippen LogP contribution in [0.15, 0.2) is 0 Å². The van der Waals surface area contributed by atoms with Gasteiger partial charge in [-0.3, -0.25) is 0 Å². The Morgan fingerprint density at radius 2 is 1.25 bits per heavy atom. The minimum absolute atomic E-state index is 0. The van der Waals surface area contributed by atoms with Crippen LogP contribution < -0.4 is 0 Å². The van der Waals surface area contributed by atoms with E-state index in [1.807, 2.05) is 18.2 Å². The van der Waals surface area contributed by atoms with E-state index in [-0.39, 0.29) is 43.3 Å². The molecule has 0 fully saturated rings. The molecule has 0 rings (SSSR count). The van der Waals surface area contributed by atoms with Crippen LogP contribution in [0.3, 0.4) is 0 Å². The molecule has 0 amide bonds. The fraction of sp³-hybridized carbons (Fsp3) is 0. The third-order valence-electron chi connectivity index (χ3n) is 0. The van der Waals surface area contributed by atoms with Gasteiger partial charge >= 0.3 is 63.5 Å². The molecule has 0 atom stereocenters. The van der Waals surface area contributed by atoms with Crippen LogP contribution in [0.25, 0.3) is 0 Å². The summed E-state index contributed by atoms with van der Waals surface area (Å²) in [4.78, 5) is 0. The van der Waals surface area contributed by atoms with E-state index >= 15 is 0 Å². The Balaban J connectivity index is -0.00000000500. The summed E-state index contributed by atoms with van der Waals surface area (Å²) in [7, 11) is 0. The summed E-state index contributed by atoms with van der Waals surface area (Å²) in [6.45, 7) is 0. The van der Waals surface area contributed by atoms with Crippen LogP contribution >= 0.6 is 0 Å². The zero-order chi connectivity index (χ0) is 2.00. The van der Waals surface area contributed by atoms with Gasteiger partial charge in [-0.05, 0) is 0 Å². The summed E-state index contributed by atoms with van der Waals surface area (Å²) >= 11 is 3.28. The Morgan fingerprint density at radius 1 is 1.25 bits per heavy atom. The molecular weight excluding hydrogens is 522 g/mol. The molecule has 0 aliphatic rings. The van der Waals surface area contributed by atoms with Crippen molar-refractivity contribution in [2.24, 2.45) is 0 Å². The second-order valence-corrected chi connectivity index (χ2v) is 0. The molecule has 0 aliphatic heterocycles. The molecule has 0 nitrogen and oxygen atoms in total. The predicted octanol–water partition coefficient (Wildman–Crippen LogP) is -2.75. The Bertz CT molecular complexity index is 8.00. The van der Waals surface area contributed by atoms with Gasteiger partial charge in [-0.2, -0.15) is 0 Å². The van der Waals surface area contributed by atoms with Gasteiger partial charge in [-0.1, -0.05) is 0 Å². The SMILES string of the molecule is [BiH3].[Cu].[SbH2][TeH]. The summed E-state index contributed by atoms with van der Waals surface area (Å²) in [6.07, 6.45) is 0. The Morgan fingerprint density at radius 3 is 1.25 bits per heavy atom. The molecule has 0 unspecified atom stereocenters. The average Bonchev–Trinajstić information content (AvgIpc) is 1.00. The van der Waals surface area contributed by atoms with Crippen LogP contribution in [-0.4, -0.2) is 63.5 Å². The second-order valence-electron chi connectivity index (χ2n) is 0. The maximum atomic E-state index is 1.88. The van der Waals surface area contributed by atoms with Crippen molar-refractivity contribution < 1.29 is 17.1 Å². The van der Waals surface area contributed by atoms with Gasteiger partial charge in [0, 0.05) is 17.1 Å². The first kappa shape index (κ1) is 15.7.